The van der Waals surface area contributed by atoms with E-state index in [9.17, 15) is 9.90 Å². The number of anilines is 1. The Hall–Kier alpha value is -3.32. The highest BCUT2D eigenvalue weighted by Gasteiger charge is 2.26. The first-order valence-electron chi connectivity index (χ1n) is 8.68. The molecule has 3 aromatic rings. The molecule has 1 aliphatic rings. The number of hydrogen-bond donors (Lipinski definition) is 1. The van der Waals surface area contributed by atoms with Crippen LogP contribution in [0.5, 0.6) is 0 Å². The zero-order chi connectivity index (χ0) is 18.6. The lowest BCUT2D eigenvalue weighted by atomic mass is 10.0. The van der Waals surface area contributed by atoms with E-state index in [0.717, 1.165) is 11.1 Å². The highest BCUT2D eigenvalue weighted by atomic mass is 16.5. The number of ether oxygens (including phenoxy) is 1. The molecule has 7 heteroatoms. The van der Waals surface area contributed by atoms with Gasteiger partial charge in [-0.15, -0.1) is 0 Å². The van der Waals surface area contributed by atoms with Crippen molar-refractivity contribution in [2.24, 2.45) is 0 Å². The van der Waals surface area contributed by atoms with Gasteiger partial charge in [0, 0.05) is 36.6 Å². The molecule has 1 aromatic carbocycles. The van der Waals surface area contributed by atoms with Crippen molar-refractivity contribution in [3.05, 3.63) is 60.4 Å². The topological polar surface area (TPSA) is 88.4 Å². The fourth-order valence-electron chi connectivity index (χ4n) is 3.08. The lowest BCUT2D eigenvalue weighted by Gasteiger charge is -2.29. The number of hydrogen-bond acceptors (Lipinski definition) is 6. The Balaban J connectivity index is 1.96. The van der Waals surface area contributed by atoms with Crippen molar-refractivity contribution in [3.63, 3.8) is 0 Å². The van der Waals surface area contributed by atoms with Crippen LogP contribution in [0.3, 0.4) is 0 Å². The second-order valence-corrected chi connectivity index (χ2v) is 6.11. The van der Waals surface area contributed by atoms with Crippen molar-refractivity contribution >= 4 is 11.8 Å². The molecule has 1 aliphatic heterocycles. The van der Waals surface area contributed by atoms with E-state index in [2.05, 4.69) is 15.0 Å². The van der Waals surface area contributed by atoms with E-state index in [-0.39, 0.29) is 5.56 Å². The summed E-state index contributed by atoms with van der Waals surface area (Å²) in [7, 11) is 0. The van der Waals surface area contributed by atoms with Gasteiger partial charge < -0.3 is 14.7 Å². The molecule has 0 spiro atoms. The Kier molecular flexibility index (Phi) is 4.76. The normalized spacial score (nSPS) is 14.1. The van der Waals surface area contributed by atoms with Gasteiger partial charge in [-0.25, -0.2) is 14.8 Å². The molecular formula is C20H18N4O3. The van der Waals surface area contributed by atoms with Gasteiger partial charge in [0.1, 0.15) is 11.4 Å². The molecule has 0 unspecified atom stereocenters. The number of nitrogens with zero attached hydrogens (tertiary/aromatic N) is 4. The summed E-state index contributed by atoms with van der Waals surface area (Å²) in [5, 5.41) is 9.95. The zero-order valence-electron chi connectivity index (χ0n) is 14.6. The van der Waals surface area contributed by atoms with Gasteiger partial charge >= 0.3 is 5.97 Å². The Labute approximate surface area is 156 Å². The fourth-order valence-corrected chi connectivity index (χ4v) is 3.08. The highest BCUT2D eigenvalue weighted by Crippen LogP contribution is 2.31. The second-order valence-electron chi connectivity index (χ2n) is 6.11. The average molecular weight is 362 g/mol. The van der Waals surface area contributed by atoms with Crippen molar-refractivity contribution in [2.45, 2.75) is 0 Å². The van der Waals surface area contributed by atoms with E-state index in [1.807, 2.05) is 41.3 Å². The molecular weight excluding hydrogens is 344 g/mol. The number of carbonyl (C=O) groups is 1. The number of carboxylic acid groups (broad SMARTS) is 1. The molecule has 1 N–H and O–H groups in total. The molecule has 7 nitrogen and oxygen atoms in total. The van der Waals surface area contributed by atoms with E-state index in [0.29, 0.717) is 43.6 Å². The predicted molar refractivity (Wildman–Crippen MR) is 101 cm³/mol. The Morgan fingerprint density at radius 3 is 2.41 bits per heavy atom. The fraction of sp³-hybridized carbons (Fsp3) is 0.200. The summed E-state index contributed by atoms with van der Waals surface area (Å²) >= 11 is 0. The van der Waals surface area contributed by atoms with Gasteiger partial charge in [0.15, 0.2) is 5.82 Å². The largest absolute Gasteiger partial charge is 0.477 e. The molecule has 4 rings (SSSR count). The summed E-state index contributed by atoms with van der Waals surface area (Å²) in [6.45, 7) is 2.23. The highest BCUT2D eigenvalue weighted by molar-refractivity contribution is 6.00. The minimum absolute atomic E-state index is 0.107. The molecule has 0 bridgehead atoms. The van der Waals surface area contributed by atoms with Gasteiger partial charge in [0.05, 0.1) is 18.9 Å². The van der Waals surface area contributed by atoms with Crippen molar-refractivity contribution in [2.75, 3.05) is 31.2 Å². The quantitative estimate of drug-likeness (QED) is 0.763. The van der Waals surface area contributed by atoms with Crippen molar-refractivity contribution in [1.29, 1.82) is 0 Å². The summed E-state index contributed by atoms with van der Waals surface area (Å²) in [4.78, 5) is 27.4. The van der Waals surface area contributed by atoms with Crippen LogP contribution in [0.1, 0.15) is 10.4 Å². The van der Waals surface area contributed by atoms with Crippen LogP contribution in [-0.4, -0.2) is 52.3 Å². The lowest BCUT2D eigenvalue weighted by molar-refractivity contribution is 0.0696. The number of benzene rings is 1. The van der Waals surface area contributed by atoms with E-state index < -0.39 is 5.97 Å². The van der Waals surface area contributed by atoms with Crippen LogP contribution in [-0.2, 0) is 4.74 Å². The number of pyridine rings is 1. The number of carboxylic acids is 1. The third-order valence-electron chi connectivity index (χ3n) is 4.38. The van der Waals surface area contributed by atoms with Crippen LogP contribution in [0.2, 0.25) is 0 Å². The number of morpholine rings is 1. The van der Waals surface area contributed by atoms with Crippen LogP contribution < -0.4 is 4.90 Å². The molecule has 136 valence electrons. The molecule has 1 fully saturated rings. The van der Waals surface area contributed by atoms with Gasteiger partial charge in [-0.2, -0.15) is 0 Å². The van der Waals surface area contributed by atoms with Crippen molar-refractivity contribution in [1.82, 2.24) is 15.0 Å². The molecule has 3 heterocycles. The SMILES string of the molecule is O=C(O)c1c(-c2ccccc2)nc(-c2cccnc2)nc1N1CCOCC1. The Morgan fingerprint density at radius 1 is 1.00 bits per heavy atom. The minimum Gasteiger partial charge on any atom is -0.477 e. The Bertz CT molecular complexity index is 942. The molecule has 27 heavy (non-hydrogen) atoms. The van der Waals surface area contributed by atoms with Gasteiger partial charge in [-0.3, -0.25) is 4.98 Å². The maximum atomic E-state index is 12.2. The van der Waals surface area contributed by atoms with Crippen molar-refractivity contribution in [3.8, 4) is 22.6 Å². The predicted octanol–water partition coefficient (Wildman–Crippen LogP) is 2.74. The smallest absolute Gasteiger partial charge is 0.341 e. The summed E-state index contributed by atoms with van der Waals surface area (Å²) < 4.78 is 5.41. The van der Waals surface area contributed by atoms with Gasteiger partial charge in [0.2, 0.25) is 0 Å². The monoisotopic (exact) mass is 362 g/mol. The van der Waals surface area contributed by atoms with Crippen LogP contribution in [0.4, 0.5) is 5.82 Å². The van der Waals surface area contributed by atoms with Gasteiger partial charge in [-0.1, -0.05) is 30.3 Å². The second kappa shape index (κ2) is 7.51. The van der Waals surface area contributed by atoms with Crippen LogP contribution in [0, 0.1) is 0 Å². The van der Waals surface area contributed by atoms with Crippen molar-refractivity contribution < 1.29 is 14.6 Å². The first-order valence-corrected chi connectivity index (χ1v) is 8.68. The maximum absolute atomic E-state index is 12.2. The molecule has 0 saturated carbocycles. The van der Waals surface area contributed by atoms with E-state index >= 15 is 0 Å². The molecule has 2 aromatic heterocycles. The number of aromatic carboxylic acids is 1. The van der Waals surface area contributed by atoms with Crippen LogP contribution >= 0.6 is 0 Å². The molecule has 0 atom stereocenters. The summed E-state index contributed by atoms with van der Waals surface area (Å²) in [5.74, 6) is -0.181. The average Bonchev–Trinajstić information content (AvgIpc) is 2.74. The van der Waals surface area contributed by atoms with E-state index in [1.54, 1.807) is 18.5 Å². The summed E-state index contributed by atoms with van der Waals surface area (Å²) in [5.41, 5.74) is 1.98. The third kappa shape index (κ3) is 3.50. The molecule has 0 radical (unpaired) electrons. The van der Waals surface area contributed by atoms with Gasteiger partial charge in [0.25, 0.3) is 0 Å². The lowest BCUT2D eigenvalue weighted by Crippen LogP contribution is -2.38. The first-order chi connectivity index (χ1) is 13.2. The van der Waals surface area contributed by atoms with E-state index in [1.165, 1.54) is 0 Å². The number of aromatic nitrogens is 3. The summed E-state index contributed by atoms with van der Waals surface area (Å²) in [6, 6.07) is 13.0. The standard InChI is InChI=1S/C20H18N4O3/c25-20(26)16-17(14-5-2-1-3-6-14)22-18(15-7-4-8-21-13-15)23-19(16)24-9-11-27-12-10-24/h1-8,13H,9-12H2,(H,25,26). The first kappa shape index (κ1) is 17.1. The number of rotatable bonds is 4. The summed E-state index contributed by atoms with van der Waals surface area (Å²) in [6.07, 6.45) is 3.35. The maximum Gasteiger partial charge on any atom is 0.341 e. The minimum atomic E-state index is -1.05. The zero-order valence-corrected chi connectivity index (χ0v) is 14.6. The van der Waals surface area contributed by atoms with Gasteiger partial charge in [-0.05, 0) is 12.1 Å². The Morgan fingerprint density at radius 2 is 1.74 bits per heavy atom. The third-order valence-corrected chi connectivity index (χ3v) is 4.38. The molecule has 0 amide bonds. The van der Waals surface area contributed by atoms with Crippen LogP contribution in [0.15, 0.2) is 54.9 Å². The van der Waals surface area contributed by atoms with Crippen LogP contribution in [0.25, 0.3) is 22.6 Å². The van der Waals surface area contributed by atoms with E-state index in [4.69, 9.17) is 4.74 Å². The molecule has 1 saturated heterocycles. The molecule has 0 aliphatic carbocycles.